The molecule has 0 radical (unpaired) electrons. The highest BCUT2D eigenvalue weighted by atomic mass is 32.2. The molecule has 1 rings (SSSR count). The summed E-state index contributed by atoms with van der Waals surface area (Å²) in [5.41, 5.74) is 6.01. The van der Waals surface area contributed by atoms with Crippen LogP contribution in [0.4, 0.5) is 5.69 Å². The van der Waals surface area contributed by atoms with E-state index in [9.17, 15) is 8.42 Å². The predicted molar refractivity (Wildman–Crippen MR) is 64.7 cm³/mol. The molecule has 1 unspecified atom stereocenters. The minimum absolute atomic E-state index is 0.128. The Kier molecular flexibility index (Phi) is 4.26. The van der Waals surface area contributed by atoms with Crippen molar-refractivity contribution >= 4 is 15.7 Å². The summed E-state index contributed by atoms with van der Waals surface area (Å²) in [6, 6.07) is 3.40. The third-order valence-electron chi connectivity index (χ3n) is 2.53. The average Bonchev–Trinajstić information content (AvgIpc) is 2.30. The van der Waals surface area contributed by atoms with E-state index in [1.807, 2.05) is 6.92 Å². The Labute approximate surface area is 96.3 Å². The molecule has 0 amide bonds. The van der Waals surface area contributed by atoms with Crippen LogP contribution in [0.3, 0.4) is 0 Å². The van der Waals surface area contributed by atoms with Gasteiger partial charge in [0, 0.05) is 19.8 Å². The van der Waals surface area contributed by atoms with Crippen molar-refractivity contribution in [2.24, 2.45) is 5.73 Å². The van der Waals surface area contributed by atoms with E-state index < -0.39 is 15.3 Å². The molecule has 16 heavy (non-hydrogen) atoms. The number of hydrogen-bond donors (Lipinski definition) is 1. The lowest BCUT2D eigenvalue weighted by Gasteiger charge is -2.24. The second-order valence-corrected chi connectivity index (χ2v) is 5.73. The van der Waals surface area contributed by atoms with Gasteiger partial charge in [-0.2, -0.15) is 0 Å². The zero-order valence-electron chi connectivity index (χ0n) is 9.50. The van der Waals surface area contributed by atoms with Crippen molar-refractivity contribution in [3.8, 4) is 0 Å². The van der Waals surface area contributed by atoms with Gasteiger partial charge in [0.1, 0.15) is 0 Å². The number of anilines is 1. The van der Waals surface area contributed by atoms with Crippen LogP contribution in [0.25, 0.3) is 0 Å². The normalized spacial score (nSPS) is 13.4. The molecule has 5 nitrogen and oxygen atoms in total. The first-order chi connectivity index (χ1) is 7.54. The SMILES string of the molecule is CCC(CN)S(=O)(=O)N(C)c1cccnc1. The van der Waals surface area contributed by atoms with E-state index in [2.05, 4.69) is 4.98 Å². The van der Waals surface area contributed by atoms with Gasteiger partial charge >= 0.3 is 0 Å². The monoisotopic (exact) mass is 243 g/mol. The van der Waals surface area contributed by atoms with Crippen molar-refractivity contribution in [2.45, 2.75) is 18.6 Å². The largest absolute Gasteiger partial charge is 0.329 e. The fraction of sp³-hybridized carbons (Fsp3) is 0.500. The molecule has 6 heteroatoms. The van der Waals surface area contributed by atoms with Crippen molar-refractivity contribution in [1.29, 1.82) is 0 Å². The number of pyridine rings is 1. The number of aromatic nitrogens is 1. The molecule has 1 aromatic rings. The molecular formula is C10H17N3O2S. The molecule has 0 fully saturated rings. The van der Waals surface area contributed by atoms with E-state index >= 15 is 0 Å². The Morgan fingerprint density at radius 3 is 2.69 bits per heavy atom. The van der Waals surface area contributed by atoms with Gasteiger partial charge in [-0.25, -0.2) is 8.42 Å². The standard InChI is InChI=1S/C10H17N3O2S/c1-3-10(7-11)16(14,15)13(2)9-5-4-6-12-8-9/h4-6,8,10H,3,7,11H2,1-2H3. The van der Waals surface area contributed by atoms with E-state index in [0.717, 1.165) is 0 Å². The first-order valence-corrected chi connectivity index (χ1v) is 6.62. The Morgan fingerprint density at radius 2 is 2.25 bits per heavy atom. The minimum Gasteiger partial charge on any atom is -0.329 e. The summed E-state index contributed by atoms with van der Waals surface area (Å²) in [4.78, 5) is 3.89. The molecule has 0 aromatic carbocycles. The van der Waals surface area contributed by atoms with Gasteiger partial charge in [0.15, 0.2) is 0 Å². The summed E-state index contributed by atoms with van der Waals surface area (Å²) in [7, 11) is -1.87. The minimum atomic E-state index is -3.39. The molecule has 1 heterocycles. The first kappa shape index (κ1) is 12.9. The summed E-state index contributed by atoms with van der Waals surface area (Å²) >= 11 is 0. The molecule has 1 atom stereocenters. The molecule has 0 aliphatic carbocycles. The number of sulfonamides is 1. The van der Waals surface area contributed by atoms with E-state index in [1.54, 1.807) is 18.3 Å². The molecular weight excluding hydrogens is 226 g/mol. The summed E-state index contributed by atoms with van der Waals surface area (Å²) in [5.74, 6) is 0. The number of hydrogen-bond acceptors (Lipinski definition) is 4. The molecule has 0 saturated heterocycles. The summed E-state index contributed by atoms with van der Waals surface area (Å²) < 4.78 is 25.5. The van der Waals surface area contributed by atoms with Gasteiger partial charge in [-0.1, -0.05) is 6.92 Å². The van der Waals surface area contributed by atoms with E-state index in [-0.39, 0.29) is 6.54 Å². The maximum atomic E-state index is 12.1. The Balaban J connectivity index is 3.01. The maximum absolute atomic E-state index is 12.1. The fourth-order valence-electron chi connectivity index (χ4n) is 1.41. The van der Waals surface area contributed by atoms with Crippen LogP contribution in [-0.2, 0) is 10.0 Å². The molecule has 1 aromatic heterocycles. The first-order valence-electron chi connectivity index (χ1n) is 5.11. The van der Waals surface area contributed by atoms with Gasteiger partial charge in [-0.3, -0.25) is 9.29 Å². The highest BCUT2D eigenvalue weighted by Gasteiger charge is 2.27. The Morgan fingerprint density at radius 1 is 1.56 bits per heavy atom. The van der Waals surface area contributed by atoms with Crippen molar-refractivity contribution in [2.75, 3.05) is 17.9 Å². The molecule has 90 valence electrons. The summed E-state index contributed by atoms with van der Waals surface area (Å²) in [5, 5.41) is -0.544. The predicted octanol–water partition coefficient (Wildman–Crippen LogP) is 0.585. The third-order valence-corrected chi connectivity index (χ3v) is 4.87. The van der Waals surface area contributed by atoms with Crippen LogP contribution in [0.2, 0.25) is 0 Å². The van der Waals surface area contributed by atoms with Gasteiger partial charge in [0.25, 0.3) is 0 Å². The van der Waals surface area contributed by atoms with E-state index in [1.165, 1.54) is 17.5 Å². The second-order valence-electron chi connectivity index (χ2n) is 3.49. The quantitative estimate of drug-likeness (QED) is 0.821. The molecule has 0 aliphatic heterocycles. The van der Waals surface area contributed by atoms with Crippen molar-refractivity contribution in [3.63, 3.8) is 0 Å². The van der Waals surface area contributed by atoms with E-state index in [0.29, 0.717) is 12.1 Å². The van der Waals surface area contributed by atoms with Crippen LogP contribution < -0.4 is 10.0 Å². The van der Waals surface area contributed by atoms with Gasteiger partial charge in [-0.15, -0.1) is 0 Å². The molecule has 0 bridgehead atoms. The fourth-order valence-corrected chi connectivity index (χ4v) is 2.92. The van der Waals surface area contributed by atoms with Crippen LogP contribution in [0.15, 0.2) is 24.5 Å². The third kappa shape index (κ3) is 2.51. The van der Waals surface area contributed by atoms with Gasteiger partial charge in [0.2, 0.25) is 10.0 Å². The molecule has 2 N–H and O–H groups in total. The molecule has 0 saturated carbocycles. The van der Waals surface area contributed by atoms with Gasteiger partial charge in [0.05, 0.1) is 17.1 Å². The topological polar surface area (TPSA) is 76.3 Å². The smallest absolute Gasteiger partial charge is 0.239 e. The van der Waals surface area contributed by atoms with Crippen LogP contribution >= 0.6 is 0 Å². The zero-order valence-corrected chi connectivity index (χ0v) is 10.3. The summed E-state index contributed by atoms with van der Waals surface area (Å²) in [6.07, 6.45) is 3.62. The highest BCUT2D eigenvalue weighted by Crippen LogP contribution is 2.18. The number of rotatable bonds is 5. The van der Waals surface area contributed by atoms with Crippen LogP contribution in [-0.4, -0.2) is 32.2 Å². The van der Waals surface area contributed by atoms with Crippen molar-refractivity contribution in [1.82, 2.24) is 4.98 Å². The molecule has 0 aliphatic rings. The van der Waals surface area contributed by atoms with Crippen LogP contribution in [0, 0.1) is 0 Å². The number of nitrogens with two attached hydrogens (primary N) is 1. The van der Waals surface area contributed by atoms with Crippen LogP contribution in [0.1, 0.15) is 13.3 Å². The highest BCUT2D eigenvalue weighted by molar-refractivity contribution is 7.93. The zero-order chi connectivity index (χ0) is 12.2. The Bertz CT molecular complexity index is 415. The van der Waals surface area contributed by atoms with Gasteiger partial charge in [-0.05, 0) is 18.6 Å². The molecule has 0 spiro atoms. The van der Waals surface area contributed by atoms with Crippen LogP contribution in [0.5, 0.6) is 0 Å². The maximum Gasteiger partial charge on any atom is 0.239 e. The van der Waals surface area contributed by atoms with Gasteiger partial charge < -0.3 is 5.73 Å². The van der Waals surface area contributed by atoms with Crippen molar-refractivity contribution < 1.29 is 8.42 Å². The lowest BCUT2D eigenvalue weighted by atomic mass is 10.3. The second kappa shape index (κ2) is 5.27. The lowest BCUT2D eigenvalue weighted by molar-refractivity contribution is 0.574. The van der Waals surface area contributed by atoms with E-state index in [4.69, 9.17) is 5.73 Å². The summed E-state index contributed by atoms with van der Waals surface area (Å²) in [6.45, 7) is 1.94. The average molecular weight is 243 g/mol. The number of nitrogens with zero attached hydrogens (tertiary/aromatic N) is 2. The van der Waals surface area contributed by atoms with Crippen molar-refractivity contribution in [3.05, 3.63) is 24.5 Å². The Hall–Kier alpha value is -1.14. The lowest BCUT2D eigenvalue weighted by Crippen LogP contribution is -2.40.